The fourth-order valence-corrected chi connectivity index (χ4v) is 3.61. The summed E-state index contributed by atoms with van der Waals surface area (Å²) >= 11 is 0. The van der Waals surface area contributed by atoms with Gasteiger partial charge in [0.15, 0.2) is 11.0 Å². The van der Waals surface area contributed by atoms with Gasteiger partial charge in [0, 0.05) is 17.7 Å². The van der Waals surface area contributed by atoms with Crippen molar-refractivity contribution in [3.8, 4) is 17.1 Å². The van der Waals surface area contributed by atoms with Gasteiger partial charge in [0.2, 0.25) is 0 Å². The number of amides is 1. The van der Waals surface area contributed by atoms with Crippen LogP contribution in [0.1, 0.15) is 27.9 Å². The Balaban J connectivity index is 1.57. The van der Waals surface area contributed by atoms with E-state index in [1.54, 1.807) is 37.3 Å². The zero-order valence-electron chi connectivity index (χ0n) is 17.2. The summed E-state index contributed by atoms with van der Waals surface area (Å²) in [5.74, 6) is 0.438. The maximum Gasteiger partial charge on any atom is 0.255 e. The van der Waals surface area contributed by atoms with E-state index in [1.807, 2.05) is 42.5 Å². The van der Waals surface area contributed by atoms with E-state index >= 15 is 0 Å². The molecule has 4 rings (SSSR count). The van der Waals surface area contributed by atoms with Crippen molar-refractivity contribution >= 4 is 16.9 Å². The van der Waals surface area contributed by atoms with Gasteiger partial charge in [-0.3, -0.25) is 9.59 Å². The van der Waals surface area contributed by atoms with Crippen LogP contribution in [0.2, 0.25) is 0 Å². The lowest BCUT2D eigenvalue weighted by atomic mass is 10.0. The fourth-order valence-electron chi connectivity index (χ4n) is 3.61. The average molecular weight is 413 g/mol. The van der Waals surface area contributed by atoms with Gasteiger partial charge >= 0.3 is 0 Å². The Morgan fingerprint density at radius 2 is 1.71 bits per heavy atom. The molecule has 0 saturated carbocycles. The third kappa shape index (κ3) is 4.36. The topological polar surface area (TPSA) is 79.5 Å². The minimum absolute atomic E-state index is 0.137. The molecular formula is C26H23NO4. The number of nitrogens with one attached hydrogen (secondary N) is 1. The third-order valence-electron chi connectivity index (χ3n) is 5.29. The molecule has 1 heterocycles. The van der Waals surface area contributed by atoms with Crippen molar-refractivity contribution in [2.45, 2.75) is 19.8 Å². The first kappa shape index (κ1) is 20.4. The molecule has 2 N–H and O–H groups in total. The van der Waals surface area contributed by atoms with Crippen LogP contribution in [-0.4, -0.2) is 17.6 Å². The van der Waals surface area contributed by atoms with Gasteiger partial charge in [0.1, 0.15) is 11.5 Å². The molecule has 0 atom stereocenters. The Hall–Kier alpha value is -3.86. The summed E-state index contributed by atoms with van der Waals surface area (Å²) in [5.41, 5.74) is 2.91. The van der Waals surface area contributed by atoms with Crippen LogP contribution in [0.3, 0.4) is 0 Å². The number of rotatable bonds is 6. The Bertz CT molecular complexity index is 1270. The highest BCUT2D eigenvalue weighted by atomic mass is 16.3. The number of benzene rings is 3. The largest absolute Gasteiger partial charge is 0.508 e. The first-order valence-corrected chi connectivity index (χ1v) is 10.2. The van der Waals surface area contributed by atoms with Gasteiger partial charge in [0.05, 0.1) is 10.9 Å². The minimum atomic E-state index is -0.276. The molecule has 31 heavy (non-hydrogen) atoms. The molecular weight excluding hydrogens is 390 g/mol. The lowest BCUT2D eigenvalue weighted by Gasteiger charge is -2.11. The molecule has 4 aromatic rings. The standard InChI is InChI=1S/C26H23NO4/c1-17-23(29)21-10-5-11-22(25(21)31-24(17)19-8-3-2-4-9-19)26(30)27-16-6-7-18-12-14-20(28)15-13-18/h2-5,8-15,28H,6-7,16H2,1H3,(H,27,30). The van der Waals surface area contributed by atoms with E-state index in [2.05, 4.69) is 5.32 Å². The minimum Gasteiger partial charge on any atom is -0.508 e. The van der Waals surface area contributed by atoms with E-state index < -0.39 is 0 Å². The number of aryl methyl sites for hydroxylation is 1. The van der Waals surface area contributed by atoms with Gasteiger partial charge in [-0.05, 0) is 49.6 Å². The van der Waals surface area contributed by atoms with Crippen LogP contribution in [0.4, 0.5) is 0 Å². The summed E-state index contributed by atoms with van der Waals surface area (Å²) < 4.78 is 6.11. The monoisotopic (exact) mass is 413 g/mol. The average Bonchev–Trinajstić information content (AvgIpc) is 2.80. The van der Waals surface area contributed by atoms with E-state index in [9.17, 15) is 14.7 Å². The summed E-state index contributed by atoms with van der Waals surface area (Å²) in [6.45, 7) is 2.22. The highest BCUT2D eigenvalue weighted by Gasteiger charge is 2.18. The van der Waals surface area contributed by atoms with E-state index in [-0.39, 0.29) is 17.1 Å². The van der Waals surface area contributed by atoms with Gasteiger partial charge in [0.25, 0.3) is 5.91 Å². The number of hydrogen-bond acceptors (Lipinski definition) is 4. The molecule has 1 amide bonds. The van der Waals surface area contributed by atoms with Gasteiger partial charge in [-0.25, -0.2) is 0 Å². The molecule has 1 aromatic heterocycles. The first-order chi connectivity index (χ1) is 15.0. The van der Waals surface area contributed by atoms with Crippen LogP contribution >= 0.6 is 0 Å². The summed E-state index contributed by atoms with van der Waals surface area (Å²) in [5, 5.41) is 12.7. The summed E-state index contributed by atoms with van der Waals surface area (Å²) in [4.78, 5) is 25.8. The van der Waals surface area contributed by atoms with E-state index in [1.165, 1.54) is 0 Å². The molecule has 156 valence electrons. The SMILES string of the molecule is Cc1c(-c2ccccc2)oc2c(C(=O)NCCCc3ccc(O)cc3)cccc2c1=O. The predicted octanol–water partition coefficient (Wildman–Crippen LogP) is 4.84. The number of phenolic OH excluding ortho intramolecular Hbond substituents is 1. The van der Waals surface area contributed by atoms with Crippen LogP contribution in [-0.2, 0) is 6.42 Å². The van der Waals surface area contributed by atoms with Gasteiger partial charge < -0.3 is 14.8 Å². The molecule has 0 saturated heterocycles. The number of fused-ring (bicyclic) bond motifs is 1. The zero-order chi connectivity index (χ0) is 21.8. The quantitative estimate of drug-likeness (QED) is 0.444. The zero-order valence-corrected chi connectivity index (χ0v) is 17.2. The lowest BCUT2D eigenvalue weighted by Crippen LogP contribution is -2.25. The molecule has 0 spiro atoms. The van der Waals surface area contributed by atoms with Crippen molar-refractivity contribution in [1.29, 1.82) is 0 Å². The van der Waals surface area contributed by atoms with Crippen molar-refractivity contribution in [2.24, 2.45) is 0 Å². The van der Waals surface area contributed by atoms with Crippen LogP contribution in [0.25, 0.3) is 22.3 Å². The van der Waals surface area contributed by atoms with Gasteiger partial charge in [-0.15, -0.1) is 0 Å². The van der Waals surface area contributed by atoms with E-state index in [4.69, 9.17) is 4.42 Å². The number of aromatic hydroxyl groups is 1. The second kappa shape index (κ2) is 8.88. The molecule has 0 aliphatic rings. The maximum atomic E-state index is 12.9. The normalized spacial score (nSPS) is 10.9. The number of para-hydroxylation sites is 1. The van der Waals surface area contributed by atoms with Crippen molar-refractivity contribution in [2.75, 3.05) is 6.54 Å². The maximum absolute atomic E-state index is 12.9. The third-order valence-corrected chi connectivity index (χ3v) is 5.29. The Labute approximate surface area is 180 Å². The van der Waals surface area contributed by atoms with Crippen molar-refractivity contribution in [3.63, 3.8) is 0 Å². The molecule has 5 nitrogen and oxygen atoms in total. The fraction of sp³-hybridized carbons (Fsp3) is 0.154. The molecule has 3 aromatic carbocycles. The van der Waals surface area contributed by atoms with E-state index in [0.717, 1.165) is 24.0 Å². The van der Waals surface area contributed by atoms with Crippen LogP contribution < -0.4 is 10.7 Å². The molecule has 0 aliphatic heterocycles. The highest BCUT2D eigenvalue weighted by molar-refractivity contribution is 6.05. The summed E-state index contributed by atoms with van der Waals surface area (Å²) in [6, 6.07) is 21.5. The van der Waals surface area contributed by atoms with Gasteiger partial charge in [-0.1, -0.05) is 48.5 Å². The Morgan fingerprint density at radius 1 is 0.968 bits per heavy atom. The second-order valence-electron chi connectivity index (χ2n) is 7.46. The molecule has 0 bridgehead atoms. The van der Waals surface area contributed by atoms with E-state index in [0.29, 0.717) is 34.4 Å². The number of carbonyl (C=O) groups is 1. The van der Waals surface area contributed by atoms with Crippen LogP contribution in [0.5, 0.6) is 5.75 Å². The summed E-state index contributed by atoms with van der Waals surface area (Å²) in [6.07, 6.45) is 1.53. The Morgan fingerprint density at radius 3 is 2.45 bits per heavy atom. The first-order valence-electron chi connectivity index (χ1n) is 10.2. The van der Waals surface area contributed by atoms with Crippen molar-refractivity contribution in [3.05, 3.63) is 99.7 Å². The van der Waals surface area contributed by atoms with Gasteiger partial charge in [-0.2, -0.15) is 0 Å². The smallest absolute Gasteiger partial charge is 0.255 e. The summed E-state index contributed by atoms with van der Waals surface area (Å²) in [7, 11) is 0. The Kier molecular flexibility index (Phi) is 5.85. The van der Waals surface area contributed by atoms with Crippen LogP contribution in [0, 0.1) is 6.92 Å². The predicted molar refractivity (Wildman–Crippen MR) is 121 cm³/mol. The highest BCUT2D eigenvalue weighted by Crippen LogP contribution is 2.27. The molecule has 5 heteroatoms. The second-order valence-corrected chi connectivity index (χ2v) is 7.46. The molecule has 0 fully saturated rings. The molecule has 0 unspecified atom stereocenters. The number of hydrogen-bond donors (Lipinski definition) is 2. The molecule has 0 radical (unpaired) electrons. The van der Waals surface area contributed by atoms with Crippen molar-refractivity contribution in [1.82, 2.24) is 5.32 Å². The molecule has 0 aliphatic carbocycles. The van der Waals surface area contributed by atoms with Crippen LogP contribution in [0.15, 0.2) is 82.0 Å². The lowest BCUT2D eigenvalue weighted by molar-refractivity contribution is 0.0954. The van der Waals surface area contributed by atoms with Crippen molar-refractivity contribution < 1.29 is 14.3 Å². The number of carbonyl (C=O) groups excluding carboxylic acids is 1. The number of phenols is 1.